The Bertz CT molecular complexity index is 1560. The molecule has 0 aliphatic carbocycles. The summed E-state index contributed by atoms with van der Waals surface area (Å²) in [7, 11) is 0. The quantitative estimate of drug-likeness (QED) is 0.492. The first-order chi connectivity index (χ1) is 17.3. The number of allylic oxidation sites excluding steroid dienone is 1. The van der Waals surface area contributed by atoms with E-state index in [0.29, 0.717) is 38.0 Å². The lowest BCUT2D eigenvalue weighted by Gasteiger charge is -2.25. The number of thiazole rings is 1. The number of aryl methyl sites for hydroxylation is 1. The highest BCUT2D eigenvalue weighted by atomic mass is 32.1. The Labute approximate surface area is 213 Å². The molecule has 5 rings (SSSR count). The fourth-order valence-corrected chi connectivity index (χ4v) is 5.56. The summed E-state index contributed by atoms with van der Waals surface area (Å²) in [6.45, 7) is 10.2. The minimum Gasteiger partial charge on any atom is -0.463 e. The molecule has 0 radical (unpaired) electrons. The number of ether oxygens (including phenoxy) is 3. The minimum absolute atomic E-state index is 0.186. The molecule has 8 heteroatoms. The van der Waals surface area contributed by atoms with Crippen molar-refractivity contribution >= 4 is 23.4 Å². The van der Waals surface area contributed by atoms with Crippen LogP contribution < -0.4 is 24.4 Å². The lowest BCUT2D eigenvalue weighted by Crippen LogP contribution is -2.40. The fourth-order valence-electron chi connectivity index (χ4n) is 4.53. The Kier molecular flexibility index (Phi) is 6.30. The van der Waals surface area contributed by atoms with Gasteiger partial charge in [0.25, 0.3) is 5.56 Å². The van der Waals surface area contributed by atoms with Crippen LogP contribution in [0, 0.1) is 6.92 Å². The number of carbonyl (C=O) groups is 1. The van der Waals surface area contributed by atoms with Gasteiger partial charge in [-0.15, -0.1) is 0 Å². The molecule has 1 atom stereocenters. The molecule has 0 spiro atoms. The first-order valence-electron chi connectivity index (χ1n) is 12.0. The van der Waals surface area contributed by atoms with Crippen LogP contribution in [0.2, 0.25) is 0 Å². The maximum atomic E-state index is 13.8. The van der Waals surface area contributed by atoms with Crippen LogP contribution in [0.4, 0.5) is 0 Å². The summed E-state index contributed by atoms with van der Waals surface area (Å²) >= 11 is 1.31. The highest BCUT2D eigenvalue weighted by Crippen LogP contribution is 2.35. The van der Waals surface area contributed by atoms with Crippen LogP contribution in [-0.2, 0) is 9.53 Å². The molecule has 36 heavy (non-hydrogen) atoms. The smallest absolute Gasteiger partial charge is 0.338 e. The number of aromatic nitrogens is 1. The van der Waals surface area contributed by atoms with Crippen LogP contribution in [0.15, 0.2) is 57.5 Å². The zero-order valence-electron chi connectivity index (χ0n) is 21.0. The zero-order chi connectivity index (χ0) is 25.6. The number of rotatable bonds is 5. The van der Waals surface area contributed by atoms with Crippen molar-refractivity contribution in [3.63, 3.8) is 0 Å². The minimum atomic E-state index is -0.624. The summed E-state index contributed by atoms with van der Waals surface area (Å²) in [5, 5.41) is 0. The average molecular weight is 505 g/mol. The van der Waals surface area contributed by atoms with Gasteiger partial charge in [-0.25, -0.2) is 9.79 Å². The van der Waals surface area contributed by atoms with Crippen molar-refractivity contribution in [2.45, 2.75) is 46.6 Å². The highest BCUT2D eigenvalue weighted by molar-refractivity contribution is 7.07. The van der Waals surface area contributed by atoms with Gasteiger partial charge in [0.15, 0.2) is 16.3 Å². The molecule has 0 amide bonds. The van der Waals surface area contributed by atoms with Gasteiger partial charge in [-0.05, 0) is 67.2 Å². The van der Waals surface area contributed by atoms with Gasteiger partial charge in [0.05, 0.1) is 28.5 Å². The van der Waals surface area contributed by atoms with Crippen LogP contribution in [0.1, 0.15) is 61.9 Å². The van der Waals surface area contributed by atoms with E-state index in [2.05, 4.69) is 18.8 Å². The summed E-state index contributed by atoms with van der Waals surface area (Å²) in [6.07, 6.45) is 1.85. The largest absolute Gasteiger partial charge is 0.463 e. The molecule has 2 aliphatic rings. The molecule has 2 aromatic carbocycles. The standard InChI is InChI=1S/C28H28N2O5S/c1-6-33-27(32)24-17(5)29-28-30(25(24)19-9-7-18(8-10-19)15(2)3)26(31)23(36-28)13-20-12-22-21(11-16(20)4)34-14-35-22/h7-13,15,25H,6,14H2,1-5H3/b23-13-/t25-/m1/s1. The Morgan fingerprint density at radius 2 is 1.89 bits per heavy atom. The summed E-state index contributed by atoms with van der Waals surface area (Å²) in [6, 6.07) is 11.2. The first-order valence-corrected chi connectivity index (χ1v) is 12.8. The van der Waals surface area contributed by atoms with Crippen molar-refractivity contribution in [3.8, 4) is 11.5 Å². The van der Waals surface area contributed by atoms with Gasteiger partial charge >= 0.3 is 5.97 Å². The fraction of sp³-hybridized carbons (Fsp3) is 0.321. The van der Waals surface area contributed by atoms with Crippen LogP contribution in [0.5, 0.6) is 11.5 Å². The molecule has 0 bridgehead atoms. The molecule has 3 aromatic rings. The van der Waals surface area contributed by atoms with Crippen LogP contribution >= 0.6 is 11.3 Å². The van der Waals surface area contributed by atoms with Crippen LogP contribution in [0.3, 0.4) is 0 Å². The van der Waals surface area contributed by atoms with Crippen molar-refractivity contribution in [2.24, 2.45) is 4.99 Å². The lowest BCUT2D eigenvalue weighted by atomic mass is 9.93. The van der Waals surface area contributed by atoms with Crippen molar-refractivity contribution < 1.29 is 19.0 Å². The van der Waals surface area contributed by atoms with E-state index >= 15 is 0 Å². The predicted octanol–water partition coefficient (Wildman–Crippen LogP) is 3.96. The molecule has 3 heterocycles. The maximum absolute atomic E-state index is 13.8. The van der Waals surface area contributed by atoms with E-state index in [1.807, 2.05) is 49.4 Å². The van der Waals surface area contributed by atoms with E-state index in [-0.39, 0.29) is 19.0 Å². The topological polar surface area (TPSA) is 79.1 Å². The van der Waals surface area contributed by atoms with Gasteiger partial charge in [-0.1, -0.05) is 49.4 Å². The molecular formula is C28H28N2O5S. The van der Waals surface area contributed by atoms with Gasteiger partial charge in [0.2, 0.25) is 6.79 Å². The van der Waals surface area contributed by atoms with E-state index < -0.39 is 12.0 Å². The molecule has 0 saturated heterocycles. The van der Waals surface area contributed by atoms with Crippen molar-refractivity contribution in [2.75, 3.05) is 13.4 Å². The first kappa shape index (κ1) is 24.1. The normalized spacial score (nSPS) is 16.8. The number of hydrogen-bond donors (Lipinski definition) is 0. The lowest BCUT2D eigenvalue weighted by molar-refractivity contribution is -0.139. The zero-order valence-corrected chi connectivity index (χ0v) is 21.8. The van der Waals surface area contributed by atoms with Crippen molar-refractivity contribution in [3.05, 3.63) is 89.6 Å². The van der Waals surface area contributed by atoms with Gasteiger partial charge in [-0.3, -0.25) is 9.36 Å². The van der Waals surface area contributed by atoms with E-state index in [1.54, 1.807) is 18.4 Å². The monoisotopic (exact) mass is 504 g/mol. The molecule has 0 saturated carbocycles. The van der Waals surface area contributed by atoms with Gasteiger partial charge in [0, 0.05) is 0 Å². The molecular weight excluding hydrogens is 476 g/mol. The molecule has 1 aromatic heterocycles. The van der Waals surface area contributed by atoms with Gasteiger partial charge in [-0.2, -0.15) is 0 Å². The van der Waals surface area contributed by atoms with E-state index in [1.165, 1.54) is 16.9 Å². The second kappa shape index (κ2) is 9.43. The Hall–Kier alpha value is -3.65. The molecule has 186 valence electrons. The molecule has 0 N–H and O–H groups in total. The van der Waals surface area contributed by atoms with Crippen LogP contribution in [0.25, 0.3) is 6.08 Å². The third-order valence-electron chi connectivity index (χ3n) is 6.48. The number of esters is 1. The molecule has 0 fully saturated rings. The van der Waals surface area contributed by atoms with E-state index in [9.17, 15) is 9.59 Å². The van der Waals surface area contributed by atoms with E-state index in [4.69, 9.17) is 14.2 Å². The summed E-state index contributed by atoms with van der Waals surface area (Å²) in [5.74, 6) is 1.26. The molecule has 7 nitrogen and oxygen atoms in total. The third-order valence-corrected chi connectivity index (χ3v) is 7.47. The van der Waals surface area contributed by atoms with Crippen molar-refractivity contribution in [1.29, 1.82) is 0 Å². The maximum Gasteiger partial charge on any atom is 0.338 e. The molecule has 2 aliphatic heterocycles. The summed E-state index contributed by atoms with van der Waals surface area (Å²) in [5.41, 5.74) is 4.58. The van der Waals surface area contributed by atoms with Gasteiger partial charge in [0.1, 0.15) is 0 Å². The number of benzene rings is 2. The summed E-state index contributed by atoms with van der Waals surface area (Å²) in [4.78, 5) is 32.1. The molecule has 0 unspecified atom stereocenters. The second-order valence-electron chi connectivity index (χ2n) is 9.19. The average Bonchev–Trinajstić information content (AvgIpc) is 3.42. The Balaban J connectivity index is 1.69. The number of nitrogens with zero attached hydrogens (tertiary/aromatic N) is 2. The highest BCUT2D eigenvalue weighted by Gasteiger charge is 2.33. The Morgan fingerprint density at radius 1 is 1.19 bits per heavy atom. The second-order valence-corrected chi connectivity index (χ2v) is 10.2. The SMILES string of the molecule is CCOC(=O)C1=C(C)N=c2s/c(=C\c3cc4c(cc3C)OCO4)c(=O)n2[C@@H]1c1ccc(C(C)C)cc1. The van der Waals surface area contributed by atoms with Gasteiger partial charge < -0.3 is 14.2 Å². The Morgan fingerprint density at radius 3 is 2.56 bits per heavy atom. The van der Waals surface area contributed by atoms with E-state index in [0.717, 1.165) is 16.7 Å². The predicted molar refractivity (Wildman–Crippen MR) is 138 cm³/mol. The summed E-state index contributed by atoms with van der Waals surface area (Å²) < 4.78 is 18.5. The number of hydrogen-bond acceptors (Lipinski definition) is 7. The van der Waals surface area contributed by atoms with Crippen LogP contribution in [-0.4, -0.2) is 23.9 Å². The number of fused-ring (bicyclic) bond motifs is 2. The van der Waals surface area contributed by atoms with Crippen molar-refractivity contribution in [1.82, 2.24) is 4.57 Å². The third kappa shape index (κ3) is 4.15. The number of carbonyl (C=O) groups excluding carboxylic acids is 1.